The van der Waals surface area contributed by atoms with Gasteiger partial charge in [0.15, 0.2) is 5.82 Å². The molecule has 0 spiro atoms. The second kappa shape index (κ2) is 10.2. The van der Waals surface area contributed by atoms with Gasteiger partial charge in [-0.1, -0.05) is 12.1 Å². The molecular formula is C27H20F3N5O3. The lowest BCUT2D eigenvalue weighted by molar-refractivity contribution is -0.153. The maximum Gasteiger partial charge on any atom is 0.449 e. The van der Waals surface area contributed by atoms with E-state index in [9.17, 15) is 18.0 Å². The van der Waals surface area contributed by atoms with Crippen LogP contribution in [-0.2, 0) is 12.7 Å². The molecule has 3 heterocycles. The lowest BCUT2D eigenvalue weighted by atomic mass is 10.1. The molecule has 0 aliphatic heterocycles. The molecule has 2 aromatic carbocycles. The summed E-state index contributed by atoms with van der Waals surface area (Å²) in [6.45, 7) is -0.220. The van der Waals surface area contributed by atoms with Gasteiger partial charge in [-0.05, 0) is 54.6 Å². The summed E-state index contributed by atoms with van der Waals surface area (Å²) in [5.41, 5.74) is 2.03. The van der Waals surface area contributed by atoms with E-state index in [1.54, 1.807) is 68.0 Å². The Bertz CT molecular complexity index is 1600. The molecule has 0 bridgehead atoms. The minimum absolute atomic E-state index is 0.0221. The van der Waals surface area contributed by atoms with Crippen molar-refractivity contribution in [1.29, 1.82) is 0 Å². The molecule has 11 heteroatoms. The first-order valence-corrected chi connectivity index (χ1v) is 11.4. The van der Waals surface area contributed by atoms with Crippen molar-refractivity contribution >= 4 is 28.3 Å². The number of halogens is 3. The fourth-order valence-corrected chi connectivity index (χ4v) is 3.76. The van der Waals surface area contributed by atoms with Crippen molar-refractivity contribution in [3.8, 4) is 17.1 Å². The highest BCUT2D eigenvalue weighted by molar-refractivity contribution is 6.01. The van der Waals surface area contributed by atoms with E-state index in [0.717, 1.165) is 6.07 Å². The van der Waals surface area contributed by atoms with E-state index in [1.807, 2.05) is 6.07 Å². The topological polar surface area (TPSA) is 102 Å². The van der Waals surface area contributed by atoms with Crippen LogP contribution in [0.5, 0.6) is 5.75 Å². The molecule has 0 atom stereocenters. The first-order valence-electron chi connectivity index (χ1n) is 11.4. The predicted molar refractivity (Wildman–Crippen MR) is 134 cm³/mol. The number of fused-ring (bicyclic) bond motifs is 1. The number of carbonyl (C=O) groups excluding carboxylic acids is 1. The molecular weight excluding hydrogens is 499 g/mol. The number of para-hydroxylation sites is 1. The van der Waals surface area contributed by atoms with Crippen LogP contribution in [-0.4, -0.2) is 28.0 Å². The molecule has 8 nitrogen and oxygen atoms in total. The molecule has 38 heavy (non-hydrogen) atoms. The number of methoxy groups -OCH3 is 1. The van der Waals surface area contributed by atoms with Crippen molar-refractivity contribution in [2.75, 3.05) is 12.4 Å². The van der Waals surface area contributed by atoms with E-state index >= 15 is 0 Å². The lowest BCUT2D eigenvalue weighted by Gasteiger charge is -2.15. The first-order chi connectivity index (χ1) is 18.3. The summed E-state index contributed by atoms with van der Waals surface area (Å²) in [6.07, 6.45) is -1.30. The summed E-state index contributed by atoms with van der Waals surface area (Å²) >= 11 is 0. The summed E-state index contributed by atoms with van der Waals surface area (Å²) in [6, 6.07) is 17.7. The summed E-state index contributed by atoms with van der Waals surface area (Å²) in [7, 11) is 1.55. The molecule has 5 aromatic rings. The van der Waals surface area contributed by atoms with Gasteiger partial charge in [0, 0.05) is 23.3 Å². The Morgan fingerprint density at radius 3 is 2.61 bits per heavy atom. The van der Waals surface area contributed by atoms with E-state index in [4.69, 9.17) is 14.1 Å². The average Bonchev–Trinajstić information content (AvgIpc) is 3.42. The number of aromatic nitrogens is 3. The Hall–Kier alpha value is -4.93. The maximum atomic E-state index is 13.0. The fraction of sp³-hybridized carbons (Fsp3) is 0.111. The average molecular weight is 519 g/mol. The van der Waals surface area contributed by atoms with E-state index < -0.39 is 17.8 Å². The van der Waals surface area contributed by atoms with E-state index in [0.29, 0.717) is 39.5 Å². The van der Waals surface area contributed by atoms with Gasteiger partial charge in [0.25, 0.3) is 5.91 Å². The van der Waals surface area contributed by atoms with Gasteiger partial charge in [-0.3, -0.25) is 9.78 Å². The number of furan rings is 1. The van der Waals surface area contributed by atoms with Crippen LogP contribution in [0.15, 0.2) is 83.5 Å². The van der Waals surface area contributed by atoms with Crippen molar-refractivity contribution in [3.63, 3.8) is 0 Å². The predicted octanol–water partition coefficient (Wildman–Crippen LogP) is 5.99. The Morgan fingerprint density at radius 1 is 1.03 bits per heavy atom. The number of hydrogen-bond donors (Lipinski definition) is 2. The number of nitrogens with one attached hydrogen (secondary N) is 2. The number of hydrogen-bond acceptors (Lipinski definition) is 7. The molecule has 0 fully saturated rings. The molecule has 3 aromatic heterocycles. The third kappa shape index (κ3) is 5.26. The molecule has 0 radical (unpaired) electrons. The van der Waals surface area contributed by atoms with E-state index in [1.165, 1.54) is 6.07 Å². The van der Waals surface area contributed by atoms with Crippen molar-refractivity contribution in [3.05, 3.63) is 96.2 Å². The van der Waals surface area contributed by atoms with Gasteiger partial charge in [0.2, 0.25) is 5.76 Å². The lowest BCUT2D eigenvalue weighted by Crippen LogP contribution is -2.23. The largest absolute Gasteiger partial charge is 0.497 e. The number of amides is 1. The molecule has 0 saturated heterocycles. The zero-order valence-corrected chi connectivity index (χ0v) is 19.9. The highest BCUT2D eigenvalue weighted by Gasteiger charge is 2.34. The summed E-state index contributed by atoms with van der Waals surface area (Å²) in [5, 5.41) is 6.47. The molecule has 1 amide bonds. The zero-order valence-electron chi connectivity index (χ0n) is 19.9. The van der Waals surface area contributed by atoms with Crippen LogP contribution < -0.4 is 15.4 Å². The zero-order chi connectivity index (χ0) is 26.7. The van der Waals surface area contributed by atoms with Gasteiger partial charge in [-0.15, -0.1) is 0 Å². The highest BCUT2D eigenvalue weighted by Crippen LogP contribution is 2.32. The van der Waals surface area contributed by atoms with Crippen molar-refractivity contribution in [1.82, 2.24) is 20.3 Å². The van der Waals surface area contributed by atoms with Crippen molar-refractivity contribution in [2.24, 2.45) is 0 Å². The standard InChI is InChI=1S/C27H20F3N5O3/c1-37-17-8-10-22-20(13-17)25(35-24(33-22)16-5-4-12-31-14-16)34-21-7-3-2-6-19(21)26(36)32-15-18-9-11-23(38-18)27(28,29)30/h2-14H,15H2,1H3,(H,32,36)(H,33,34,35). The van der Waals surface area contributed by atoms with Crippen LogP contribution >= 0.6 is 0 Å². The number of alkyl halides is 3. The number of rotatable bonds is 7. The second-order valence-electron chi connectivity index (χ2n) is 8.14. The van der Waals surface area contributed by atoms with Gasteiger partial charge in [-0.2, -0.15) is 13.2 Å². The van der Waals surface area contributed by atoms with Crippen LogP contribution in [0.2, 0.25) is 0 Å². The van der Waals surface area contributed by atoms with Crippen LogP contribution in [0, 0.1) is 0 Å². The Kier molecular flexibility index (Phi) is 6.65. The summed E-state index contributed by atoms with van der Waals surface area (Å²) in [4.78, 5) is 26.5. The van der Waals surface area contributed by atoms with Crippen molar-refractivity contribution in [2.45, 2.75) is 12.7 Å². The Labute approximate surface area is 214 Å². The molecule has 5 rings (SSSR count). The van der Waals surface area contributed by atoms with Crippen LogP contribution in [0.25, 0.3) is 22.3 Å². The van der Waals surface area contributed by atoms with Gasteiger partial charge in [0.1, 0.15) is 17.3 Å². The Morgan fingerprint density at radius 2 is 1.87 bits per heavy atom. The molecule has 0 saturated carbocycles. The highest BCUT2D eigenvalue weighted by atomic mass is 19.4. The molecule has 192 valence electrons. The van der Waals surface area contributed by atoms with Gasteiger partial charge >= 0.3 is 6.18 Å². The number of carbonyl (C=O) groups is 1. The third-order valence-corrected chi connectivity index (χ3v) is 5.61. The molecule has 0 aliphatic rings. The number of pyridine rings is 1. The first kappa shape index (κ1) is 24.8. The van der Waals surface area contributed by atoms with Crippen LogP contribution in [0.1, 0.15) is 21.9 Å². The fourth-order valence-electron chi connectivity index (χ4n) is 3.76. The third-order valence-electron chi connectivity index (χ3n) is 5.61. The molecule has 2 N–H and O–H groups in total. The number of nitrogens with zero attached hydrogens (tertiary/aromatic N) is 3. The van der Waals surface area contributed by atoms with E-state index in [2.05, 4.69) is 20.6 Å². The molecule has 0 unspecified atom stereocenters. The van der Waals surface area contributed by atoms with Gasteiger partial charge in [0.05, 0.1) is 30.4 Å². The number of anilines is 2. The number of ether oxygens (including phenoxy) is 1. The quantitative estimate of drug-likeness (QED) is 0.273. The summed E-state index contributed by atoms with van der Waals surface area (Å²) < 4.78 is 48.6. The summed E-state index contributed by atoms with van der Waals surface area (Å²) in [5.74, 6) is -0.208. The van der Waals surface area contributed by atoms with Crippen LogP contribution in [0.3, 0.4) is 0 Å². The number of benzene rings is 2. The monoisotopic (exact) mass is 519 g/mol. The van der Waals surface area contributed by atoms with Gasteiger partial charge in [-0.25, -0.2) is 9.97 Å². The maximum absolute atomic E-state index is 13.0. The van der Waals surface area contributed by atoms with E-state index in [-0.39, 0.29) is 17.9 Å². The minimum Gasteiger partial charge on any atom is -0.497 e. The van der Waals surface area contributed by atoms with Crippen LogP contribution in [0.4, 0.5) is 24.7 Å². The second-order valence-corrected chi connectivity index (χ2v) is 8.14. The Balaban J connectivity index is 1.46. The normalized spacial score (nSPS) is 11.4. The smallest absolute Gasteiger partial charge is 0.449 e. The van der Waals surface area contributed by atoms with Gasteiger partial charge < -0.3 is 19.8 Å². The minimum atomic E-state index is -4.60. The SMILES string of the molecule is COc1ccc2nc(-c3cccnc3)nc(Nc3ccccc3C(=O)NCc3ccc(C(F)(F)F)o3)c2c1. The molecule has 0 aliphatic carbocycles. The van der Waals surface area contributed by atoms with Crippen molar-refractivity contribution < 1.29 is 27.1 Å².